The van der Waals surface area contributed by atoms with Crippen molar-refractivity contribution >= 4 is 32.8 Å². The Labute approximate surface area is 134 Å². The molecule has 1 aliphatic carbocycles. The summed E-state index contributed by atoms with van der Waals surface area (Å²) in [6, 6.07) is 8.27. The summed E-state index contributed by atoms with van der Waals surface area (Å²) in [6.07, 6.45) is 3.40. The maximum atomic E-state index is 12.6. The van der Waals surface area contributed by atoms with Crippen LogP contribution >= 0.6 is 11.3 Å². The van der Waals surface area contributed by atoms with E-state index in [2.05, 4.69) is 5.32 Å². The van der Waals surface area contributed by atoms with Crippen molar-refractivity contribution in [1.29, 1.82) is 0 Å². The summed E-state index contributed by atoms with van der Waals surface area (Å²) in [5.41, 5.74) is 1.09. The first-order valence-corrected chi connectivity index (χ1v) is 9.74. The Hall–Kier alpha value is -1.66. The molecular weight excluding hydrogens is 318 g/mol. The number of hydrogen-bond acceptors (Lipinski definition) is 4. The predicted molar refractivity (Wildman–Crippen MR) is 88.2 cm³/mol. The van der Waals surface area contributed by atoms with Gasteiger partial charge in [0.1, 0.15) is 0 Å². The third-order valence-electron chi connectivity index (χ3n) is 3.94. The van der Waals surface area contributed by atoms with E-state index >= 15 is 0 Å². The van der Waals surface area contributed by atoms with Gasteiger partial charge in [0.05, 0.1) is 15.7 Å². The minimum absolute atomic E-state index is 0.225. The largest absolute Gasteiger partial charge is 0.322 e. The van der Waals surface area contributed by atoms with Crippen LogP contribution in [0.5, 0.6) is 0 Å². The maximum Gasteiger partial charge on any atom is 0.256 e. The van der Waals surface area contributed by atoms with Crippen LogP contribution in [0.15, 0.2) is 46.0 Å². The van der Waals surface area contributed by atoms with E-state index in [9.17, 15) is 13.2 Å². The van der Waals surface area contributed by atoms with Crippen molar-refractivity contribution in [2.75, 3.05) is 5.32 Å². The number of anilines is 1. The second-order valence-corrected chi connectivity index (χ2v) is 8.45. The van der Waals surface area contributed by atoms with Crippen LogP contribution in [0.25, 0.3) is 0 Å². The number of benzene rings is 1. The molecule has 1 aliphatic rings. The van der Waals surface area contributed by atoms with Crippen LogP contribution in [0.4, 0.5) is 5.69 Å². The fourth-order valence-corrected chi connectivity index (χ4v) is 5.27. The van der Waals surface area contributed by atoms with Crippen molar-refractivity contribution in [2.45, 2.75) is 35.8 Å². The molecule has 1 amide bonds. The van der Waals surface area contributed by atoms with Gasteiger partial charge in [0.25, 0.3) is 5.91 Å². The zero-order valence-corrected chi connectivity index (χ0v) is 13.6. The van der Waals surface area contributed by atoms with Crippen molar-refractivity contribution in [3.63, 3.8) is 0 Å². The summed E-state index contributed by atoms with van der Waals surface area (Å²) < 4.78 is 25.2. The van der Waals surface area contributed by atoms with Crippen molar-refractivity contribution in [3.8, 4) is 0 Å². The molecule has 0 atom stereocenters. The van der Waals surface area contributed by atoms with E-state index in [4.69, 9.17) is 0 Å². The molecule has 116 valence electrons. The fraction of sp³-hybridized carbons (Fsp3) is 0.312. The summed E-state index contributed by atoms with van der Waals surface area (Å²) in [7, 11) is -3.30. The van der Waals surface area contributed by atoms with E-state index in [-0.39, 0.29) is 11.2 Å². The zero-order valence-electron chi connectivity index (χ0n) is 12.0. The van der Waals surface area contributed by atoms with Crippen LogP contribution in [0, 0.1) is 0 Å². The Morgan fingerprint density at radius 3 is 2.64 bits per heavy atom. The SMILES string of the molecule is O=C(Nc1cccc(S(=O)(=O)C2CCCC2)c1)c1ccsc1. The zero-order chi connectivity index (χ0) is 15.6. The van der Waals surface area contributed by atoms with E-state index in [0.29, 0.717) is 16.1 Å². The third-order valence-corrected chi connectivity index (χ3v) is 6.89. The van der Waals surface area contributed by atoms with E-state index in [1.165, 1.54) is 11.3 Å². The molecule has 2 aromatic rings. The topological polar surface area (TPSA) is 63.2 Å². The van der Waals surface area contributed by atoms with Crippen molar-refractivity contribution in [1.82, 2.24) is 0 Å². The second-order valence-electron chi connectivity index (χ2n) is 5.45. The third kappa shape index (κ3) is 3.08. The first-order valence-electron chi connectivity index (χ1n) is 7.25. The number of hydrogen-bond donors (Lipinski definition) is 1. The minimum Gasteiger partial charge on any atom is -0.322 e. The number of carbonyl (C=O) groups is 1. The van der Waals surface area contributed by atoms with E-state index in [0.717, 1.165) is 25.7 Å². The molecule has 1 aromatic heterocycles. The van der Waals surface area contributed by atoms with Gasteiger partial charge in [-0.3, -0.25) is 4.79 Å². The summed E-state index contributed by atoms with van der Waals surface area (Å²) in [4.78, 5) is 12.3. The Balaban J connectivity index is 1.82. The van der Waals surface area contributed by atoms with Crippen LogP contribution in [0.2, 0.25) is 0 Å². The molecule has 0 bridgehead atoms. The molecule has 1 heterocycles. The quantitative estimate of drug-likeness (QED) is 0.926. The first kappa shape index (κ1) is 15.2. The fourth-order valence-electron chi connectivity index (χ4n) is 2.74. The van der Waals surface area contributed by atoms with E-state index < -0.39 is 9.84 Å². The second kappa shape index (κ2) is 6.22. The van der Waals surface area contributed by atoms with Gasteiger partial charge in [0, 0.05) is 11.1 Å². The van der Waals surface area contributed by atoms with Crippen LogP contribution in [-0.2, 0) is 9.84 Å². The van der Waals surface area contributed by atoms with Crippen LogP contribution in [0.1, 0.15) is 36.0 Å². The molecule has 0 aliphatic heterocycles. The first-order chi connectivity index (χ1) is 10.6. The molecule has 0 unspecified atom stereocenters. The maximum absolute atomic E-state index is 12.6. The number of thiophene rings is 1. The normalized spacial score (nSPS) is 15.8. The van der Waals surface area contributed by atoms with Crippen molar-refractivity contribution in [3.05, 3.63) is 46.7 Å². The van der Waals surface area contributed by atoms with E-state index in [1.54, 1.807) is 35.7 Å². The lowest BCUT2D eigenvalue weighted by atomic mass is 10.3. The summed E-state index contributed by atoms with van der Waals surface area (Å²) in [5.74, 6) is -0.225. The number of amides is 1. The van der Waals surface area contributed by atoms with Crippen LogP contribution in [0.3, 0.4) is 0 Å². The van der Waals surface area contributed by atoms with Gasteiger partial charge in [-0.15, -0.1) is 0 Å². The number of carbonyl (C=O) groups excluding carboxylic acids is 1. The molecule has 1 aromatic carbocycles. The Morgan fingerprint density at radius 2 is 1.95 bits per heavy atom. The lowest BCUT2D eigenvalue weighted by molar-refractivity contribution is 0.102. The Morgan fingerprint density at radius 1 is 1.18 bits per heavy atom. The van der Waals surface area contributed by atoms with E-state index in [1.807, 2.05) is 5.38 Å². The molecule has 1 fully saturated rings. The molecular formula is C16H17NO3S2. The average Bonchev–Trinajstić information content (AvgIpc) is 3.21. The highest BCUT2D eigenvalue weighted by atomic mass is 32.2. The molecule has 22 heavy (non-hydrogen) atoms. The van der Waals surface area contributed by atoms with Gasteiger partial charge in [0.2, 0.25) is 0 Å². The minimum atomic E-state index is -3.30. The summed E-state index contributed by atoms with van der Waals surface area (Å²) in [5, 5.41) is 6.06. The molecule has 1 saturated carbocycles. The summed E-state index contributed by atoms with van der Waals surface area (Å²) in [6.45, 7) is 0. The lowest BCUT2D eigenvalue weighted by Crippen LogP contribution is -2.18. The van der Waals surface area contributed by atoms with Crippen LogP contribution < -0.4 is 5.32 Å². The smallest absolute Gasteiger partial charge is 0.256 e. The highest BCUT2D eigenvalue weighted by Crippen LogP contribution is 2.30. The highest BCUT2D eigenvalue weighted by Gasteiger charge is 2.30. The average molecular weight is 335 g/mol. The van der Waals surface area contributed by atoms with Gasteiger partial charge in [-0.1, -0.05) is 18.9 Å². The standard InChI is InChI=1S/C16H17NO3S2/c18-16(12-8-9-21-11-12)17-13-4-3-7-15(10-13)22(19,20)14-5-1-2-6-14/h3-4,7-11,14H,1-2,5-6H2,(H,17,18). The van der Waals surface area contributed by atoms with Gasteiger partial charge >= 0.3 is 0 Å². The molecule has 0 radical (unpaired) electrons. The monoisotopic (exact) mass is 335 g/mol. The number of nitrogens with one attached hydrogen (secondary N) is 1. The molecule has 6 heteroatoms. The highest BCUT2D eigenvalue weighted by molar-refractivity contribution is 7.92. The van der Waals surface area contributed by atoms with Gasteiger partial charge in [-0.25, -0.2) is 8.42 Å². The Kier molecular flexibility index (Phi) is 4.31. The molecule has 0 saturated heterocycles. The lowest BCUT2D eigenvalue weighted by Gasteiger charge is -2.12. The number of sulfone groups is 1. The molecule has 0 spiro atoms. The molecule has 3 rings (SSSR count). The molecule has 4 nitrogen and oxygen atoms in total. The summed E-state index contributed by atoms with van der Waals surface area (Å²) >= 11 is 1.45. The predicted octanol–water partition coefficient (Wildman–Crippen LogP) is 3.72. The van der Waals surface area contributed by atoms with Gasteiger partial charge < -0.3 is 5.32 Å². The number of rotatable bonds is 4. The van der Waals surface area contributed by atoms with Crippen molar-refractivity contribution in [2.24, 2.45) is 0 Å². The molecule has 1 N–H and O–H groups in total. The van der Waals surface area contributed by atoms with Gasteiger partial charge in [-0.05, 0) is 42.5 Å². The van der Waals surface area contributed by atoms with Gasteiger partial charge in [0.15, 0.2) is 9.84 Å². The van der Waals surface area contributed by atoms with Gasteiger partial charge in [-0.2, -0.15) is 11.3 Å². The Bertz CT molecular complexity index is 760. The van der Waals surface area contributed by atoms with Crippen LogP contribution in [-0.4, -0.2) is 19.6 Å². The van der Waals surface area contributed by atoms with Crippen molar-refractivity contribution < 1.29 is 13.2 Å².